The van der Waals surface area contributed by atoms with E-state index in [-0.39, 0.29) is 23.8 Å². The van der Waals surface area contributed by atoms with E-state index in [1.807, 2.05) is 4.90 Å². The standard InChI is InChI=1S/C15H21FN2O/c1-10-8-12(6-7-14(10)16)15(19)18-11(2)4-3-5-13(18)9-17/h6-8,11,13H,3-5,9,17H2,1-2H3. The van der Waals surface area contributed by atoms with Gasteiger partial charge >= 0.3 is 0 Å². The van der Waals surface area contributed by atoms with Gasteiger partial charge in [-0.15, -0.1) is 0 Å². The van der Waals surface area contributed by atoms with Crippen LogP contribution in [0, 0.1) is 12.7 Å². The number of carbonyl (C=O) groups is 1. The molecule has 0 aromatic heterocycles. The first-order valence-electron chi connectivity index (χ1n) is 6.83. The first-order valence-corrected chi connectivity index (χ1v) is 6.83. The minimum absolute atomic E-state index is 0.0363. The number of amides is 1. The van der Waals surface area contributed by atoms with Crippen molar-refractivity contribution in [3.05, 3.63) is 35.1 Å². The molecule has 1 aromatic rings. The molecule has 1 aromatic carbocycles. The van der Waals surface area contributed by atoms with E-state index in [9.17, 15) is 9.18 Å². The maximum atomic E-state index is 13.3. The zero-order chi connectivity index (χ0) is 14.0. The minimum Gasteiger partial charge on any atom is -0.332 e. The fourth-order valence-electron chi connectivity index (χ4n) is 2.81. The second kappa shape index (κ2) is 5.70. The second-order valence-corrected chi connectivity index (χ2v) is 5.35. The highest BCUT2D eigenvalue weighted by Crippen LogP contribution is 2.25. The molecule has 2 rings (SSSR count). The van der Waals surface area contributed by atoms with Crippen LogP contribution in [0.1, 0.15) is 42.1 Å². The molecule has 19 heavy (non-hydrogen) atoms. The monoisotopic (exact) mass is 264 g/mol. The lowest BCUT2D eigenvalue weighted by molar-refractivity contribution is 0.0494. The van der Waals surface area contributed by atoms with Gasteiger partial charge < -0.3 is 10.6 Å². The first-order chi connectivity index (χ1) is 9.04. The molecule has 104 valence electrons. The van der Waals surface area contributed by atoms with Crippen LogP contribution >= 0.6 is 0 Å². The molecule has 1 aliphatic heterocycles. The van der Waals surface area contributed by atoms with Crippen molar-refractivity contribution in [1.29, 1.82) is 0 Å². The van der Waals surface area contributed by atoms with E-state index in [2.05, 4.69) is 6.92 Å². The van der Waals surface area contributed by atoms with Gasteiger partial charge in [0.05, 0.1) is 0 Å². The van der Waals surface area contributed by atoms with E-state index in [0.717, 1.165) is 19.3 Å². The van der Waals surface area contributed by atoms with E-state index >= 15 is 0 Å². The highest BCUT2D eigenvalue weighted by molar-refractivity contribution is 5.95. The van der Waals surface area contributed by atoms with Gasteiger partial charge in [-0.2, -0.15) is 0 Å². The summed E-state index contributed by atoms with van der Waals surface area (Å²) in [5.74, 6) is -0.315. The van der Waals surface area contributed by atoms with Crippen molar-refractivity contribution < 1.29 is 9.18 Å². The molecule has 1 saturated heterocycles. The van der Waals surface area contributed by atoms with Crippen LogP contribution in [-0.2, 0) is 0 Å². The van der Waals surface area contributed by atoms with Crippen molar-refractivity contribution in [2.24, 2.45) is 5.73 Å². The molecule has 2 unspecified atom stereocenters. The Labute approximate surface area is 113 Å². The SMILES string of the molecule is Cc1cc(C(=O)N2C(C)CCCC2CN)ccc1F. The summed E-state index contributed by atoms with van der Waals surface area (Å²) < 4.78 is 13.3. The van der Waals surface area contributed by atoms with Crippen LogP contribution in [0.5, 0.6) is 0 Å². The molecule has 0 saturated carbocycles. The molecule has 1 amide bonds. The van der Waals surface area contributed by atoms with Gasteiger partial charge in [0.2, 0.25) is 0 Å². The molecule has 1 fully saturated rings. The fourth-order valence-corrected chi connectivity index (χ4v) is 2.81. The molecule has 0 aliphatic carbocycles. The molecule has 1 heterocycles. The smallest absolute Gasteiger partial charge is 0.254 e. The van der Waals surface area contributed by atoms with Gasteiger partial charge in [-0.3, -0.25) is 4.79 Å². The number of nitrogens with two attached hydrogens (primary N) is 1. The lowest BCUT2D eigenvalue weighted by Gasteiger charge is -2.40. The molecule has 4 heteroatoms. The average Bonchev–Trinajstić information content (AvgIpc) is 2.40. The minimum atomic E-state index is -0.279. The van der Waals surface area contributed by atoms with Gasteiger partial charge in [0.25, 0.3) is 5.91 Å². The van der Waals surface area contributed by atoms with Crippen LogP contribution in [0.4, 0.5) is 4.39 Å². The van der Waals surface area contributed by atoms with Crippen LogP contribution in [-0.4, -0.2) is 29.4 Å². The second-order valence-electron chi connectivity index (χ2n) is 5.35. The number of hydrogen-bond donors (Lipinski definition) is 1. The average molecular weight is 264 g/mol. The van der Waals surface area contributed by atoms with Gasteiger partial charge in [-0.05, 0) is 56.9 Å². The van der Waals surface area contributed by atoms with E-state index in [1.54, 1.807) is 19.1 Å². The highest BCUT2D eigenvalue weighted by Gasteiger charge is 2.31. The normalized spacial score (nSPS) is 23.5. The fraction of sp³-hybridized carbons (Fsp3) is 0.533. The summed E-state index contributed by atoms with van der Waals surface area (Å²) in [4.78, 5) is 14.5. The molecule has 0 radical (unpaired) electrons. The molecule has 0 spiro atoms. The summed E-state index contributed by atoms with van der Waals surface area (Å²) in [6.07, 6.45) is 3.06. The number of halogens is 1. The lowest BCUT2D eigenvalue weighted by Crippen LogP contribution is -2.51. The van der Waals surface area contributed by atoms with Crippen LogP contribution in [0.25, 0.3) is 0 Å². The van der Waals surface area contributed by atoms with Crippen LogP contribution < -0.4 is 5.73 Å². The number of benzene rings is 1. The van der Waals surface area contributed by atoms with Gasteiger partial charge in [-0.1, -0.05) is 0 Å². The third-order valence-electron chi connectivity index (χ3n) is 3.94. The maximum absolute atomic E-state index is 13.3. The molecular formula is C15H21FN2O. The van der Waals surface area contributed by atoms with E-state index in [0.29, 0.717) is 17.7 Å². The quantitative estimate of drug-likeness (QED) is 0.892. The zero-order valence-corrected chi connectivity index (χ0v) is 11.5. The zero-order valence-electron chi connectivity index (χ0n) is 11.5. The predicted octanol–water partition coefficient (Wildman–Crippen LogP) is 2.48. The number of likely N-dealkylation sites (tertiary alicyclic amines) is 1. The van der Waals surface area contributed by atoms with E-state index < -0.39 is 0 Å². The molecular weight excluding hydrogens is 243 g/mol. The summed E-state index contributed by atoms with van der Waals surface area (Å²) in [6.45, 7) is 4.21. The maximum Gasteiger partial charge on any atom is 0.254 e. The Morgan fingerprint density at radius 2 is 2.21 bits per heavy atom. The number of hydrogen-bond acceptors (Lipinski definition) is 2. The van der Waals surface area contributed by atoms with E-state index in [1.165, 1.54) is 6.07 Å². The summed E-state index contributed by atoms with van der Waals surface area (Å²) in [7, 11) is 0. The Bertz CT molecular complexity index is 475. The third-order valence-corrected chi connectivity index (χ3v) is 3.94. The highest BCUT2D eigenvalue weighted by atomic mass is 19.1. The summed E-state index contributed by atoms with van der Waals surface area (Å²) in [5, 5.41) is 0. The Kier molecular flexibility index (Phi) is 4.20. The largest absolute Gasteiger partial charge is 0.332 e. The molecule has 2 N–H and O–H groups in total. The Morgan fingerprint density at radius 3 is 2.84 bits per heavy atom. The van der Waals surface area contributed by atoms with Gasteiger partial charge in [0.1, 0.15) is 5.82 Å². The Balaban J connectivity index is 2.27. The summed E-state index contributed by atoms with van der Waals surface area (Å²) in [6, 6.07) is 4.82. The van der Waals surface area contributed by atoms with Crippen molar-refractivity contribution in [2.45, 2.75) is 45.2 Å². The van der Waals surface area contributed by atoms with Gasteiger partial charge in [0, 0.05) is 24.2 Å². The van der Waals surface area contributed by atoms with Crippen molar-refractivity contribution >= 4 is 5.91 Å². The van der Waals surface area contributed by atoms with Crippen molar-refractivity contribution in [3.63, 3.8) is 0 Å². The summed E-state index contributed by atoms with van der Waals surface area (Å²) in [5.41, 5.74) is 6.82. The number of carbonyl (C=O) groups excluding carboxylic acids is 1. The van der Waals surface area contributed by atoms with Crippen molar-refractivity contribution in [1.82, 2.24) is 4.90 Å². The van der Waals surface area contributed by atoms with Crippen LogP contribution in [0.15, 0.2) is 18.2 Å². The van der Waals surface area contributed by atoms with Crippen molar-refractivity contribution in [2.75, 3.05) is 6.54 Å². The first kappa shape index (κ1) is 14.0. The molecule has 2 atom stereocenters. The summed E-state index contributed by atoms with van der Waals surface area (Å²) >= 11 is 0. The van der Waals surface area contributed by atoms with Crippen molar-refractivity contribution in [3.8, 4) is 0 Å². The number of piperidine rings is 1. The predicted molar refractivity (Wildman–Crippen MR) is 73.5 cm³/mol. The number of rotatable bonds is 2. The van der Waals surface area contributed by atoms with E-state index in [4.69, 9.17) is 5.73 Å². The van der Waals surface area contributed by atoms with Crippen LogP contribution in [0.2, 0.25) is 0 Å². The van der Waals surface area contributed by atoms with Gasteiger partial charge in [-0.25, -0.2) is 4.39 Å². The topological polar surface area (TPSA) is 46.3 Å². The Hall–Kier alpha value is -1.42. The van der Waals surface area contributed by atoms with Gasteiger partial charge in [0.15, 0.2) is 0 Å². The number of nitrogens with zero attached hydrogens (tertiary/aromatic N) is 1. The third kappa shape index (κ3) is 2.78. The number of aryl methyl sites for hydroxylation is 1. The van der Waals surface area contributed by atoms with Crippen LogP contribution in [0.3, 0.4) is 0 Å². The molecule has 1 aliphatic rings. The Morgan fingerprint density at radius 1 is 1.47 bits per heavy atom. The molecule has 3 nitrogen and oxygen atoms in total. The molecule has 0 bridgehead atoms. The lowest BCUT2D eigenvalue weighted by atomic mass is 9.95.